The van der Waals surface area contributed by atoms with Crippen LogP contribution in [0.15, 0.2) is 30.0 Å². The van der Waals surface area contributed by atoms with E-state index in [0.29, 0.717) is 5.56 Å². The summed E-state index contributed by atoms with van der Waals surface area (Å²) in [6.45, 7) is 5.66. The van der Waals surface area contributed by atoms with Gasteiger partial charge < -0.3 is 9.80 Å². The number of aryl methyl sites for hydroxylation is 1. The van der Waals surface area contributed by atoms with E-state index in [2.05, 4.69) is 43.1 Å². The minimum atomic E-state index is 0.591. The third-order valence-electron chi connectivity index (χ3n) is 4.31. The van der Waals surface area contributed by atoms with E-state index in [0.717, 1.165) is 42.6 Å². The van der Waals surface area contributed by atoms with Crippen molar-refractivity contribution in [1.29, 1.82) is 5.26 Å². The largest absolute Gasteiger partial charge is 0.353 e. The second-order valence-electron chi connectivity index (χ2n) is 5.79. The molecule has 7 heteroatoms. The summed E-state index contributed by atoms with van der Waals surface area (Å²) in [6, 6.07) is 5.84. The normalized spacial score (nSPS) is 14.8. The Morgan fingerprint density at radius 2 is 1.88 bits per heavy atom. The Morgan fingerprint density at radius 1 is 1.08 bits per heavy atom. The highest BCUT2D eigenvalue weighted by atomic mass is 32.1. The Balaban J connectivity index is 1.53. The van der Waals surface area contributed by atoms with Crippen LogP contribution in [0.1, 0.15) is 11.1 Å². The lowest BCUT2D eigenvalue weighted by Crippen LogP contribution is -2.47. The number of rotatable bonds is 2. The van der Waals surface area contributed by atoms with Gasteiger partial charge in [-0.15, -0.1) is 11.3 Å². The predicted octanol–water partition coefficient (Wildman–Crippen LogP) is 2.59. The summed E-state index contributed by atoms with van der Waals surface area (Å²) in [5.74, 6) is 1.96. The first-order valence-corrected chi connectivity index (χ1v) is 8.69. The van der Waals surface area contributed by atoms with Crippen molar-refractivity contribution in [3.8, 4) is 6.07 Å². The number of hydrogen-bond donors (Lipinski definition) is 0. The lowest BCUT2D eigenvalue weighted by Gasteiger charge is -2.36. The SMILES string of the molecule is Cc1csc2ncnc(N3CCN(c4ccc(C#N)cn4)CC3)c12. The van der Waals surface area contributed by atoms with E-state index in [-0.39, 0.29) is 0 Å². The number of aromatic nitrogens is 3. The molecule has 0 saturated carbocycles. The molecule has 0 radical (unpaired) electrons. The van der Waals surface area contributed by atoms with Crippen LogP contribution in [0.4, 0.5) is 11.6 Å². The predicted molar refractivity (Wildman–Crippen MR) is 95.5 cm³/mol. The number of fused-ring (bicyclic) bond motifs is 1. The first kappa shape index (κ1) is 14.8. The van der Waals surface area contributed by atoms with Gasteiger partial charge >= 0.3 is 0 Å². The third-order valence-corrected chi connectivity index (χ3v) is 5.32. The molecule has 1 saturated heterocycles. The topological polar surface area (TPSA) is 68.9 Å². The summed E-state index contributed by atoms with van der Waals surface area (Å²) in [7, 11) is 0. The smallest absolute Gasteiger partial charge is 0.141 e. The average Bonchev–Trinajstić information content (AvgIpc) is 3.03. The van der Waals surface area contributed by atoms with Crippen LogP contribution in [-0.4, -0.2) is 41.1 Å². The van der Waals surface area contributed by atoms with Crippen LogP contribution in [0.5, 0.6) is 0 Å². The Bertz CT molecular complexity index is 903. The van der Waals surface area contributed by atoms with Gasteiger partial charge in [-0.05, 0) is 30.0 Å². The van der Waals surface area contributed by atoms with E-state index < -0.39 is 0 Å². The average molecular weight is 336 g/mol. The lowest BCUT2D eigenvalue weighted by atomic mass is 10.2. The van der Waals surface area contributed by atoms with E-state index in [1.54, 1.807) is 23.9 Å². The van der Waals surface area contributed by atoms with Gasteiger partial charge in [-0.3, -0.25) is 0 Å². The van der Waals surface area contributed by atoms with Gasteiger partial charge in [0.25, 0.3) is 0 Å². The van der Waals surface area contributed by atoms with Crippen molar-refractivity contribution in [2.45, 2.75) is 6.92 Å². The van der Waals surface area contributed by atoms with E-state index in [9.17, 15) is 0 Å². The van der Waals surface area contributed by atoms with Crippen molar-refractivity contribution in [3.63, 3.8) is 0 Å². The first-order valence-electron chi connectivity index (χ1n) is 7.81. The molecule has 0 unspecified atom stereocenters. The van der Waals surface area contributed by atoms with Crippen molar-refractivity contribution in [1.82, 2.24) is 15.0 Å². The summed E-state index contributed by atoms with van der Waals surface area (Å²) in [5, 5.41) is 12.2. The maximum atomic E-state index is 8.87. The summed E-state index contributed by atoms with van der Waals surface area (Å²) >= 11 is 1.67. The molecule has 1 aliphatic heterocycles. The Labute approximate surface area is 144 Å². The minimum Gasteiger partial charge on any atom is -0.353 e. The van der Waals surface area contributed by atoms with Crippen molar-refractivity contribution in [2.24, 2.45) is 0 Å². The fraction of sp³-hybridized carbons (Fsp3) is 0.294. The molecular formula is C17H16N6S. The van der Waals surface area contributed by atoms with E-state index in [1.807, 2.05) is 12.1 Å². The highest BCUT2D eigenvalue weighted by molar-refractivity contribution is 7.17. The van der Waals surface area contributed by atoms with Crippen LogP contribution < -0.4 is 9.80 Å². The summed E-state index contributed by atoms with van der Waals surface area (Å²) < 4.78 is 0. The maximum Gasteiger partial charge on any atom is 0.141 e. The summed E-state index contributed by atoms with van der Waals surface area (Å²) in [4.78, 5) is 18.9. The van der Waals surface area contributed by atoms with Gasteiger partial charge in [0.1, 0.15) is 28.9 Å². The van der Waals surface area contributed by atoms with Crippen LogP contribution in [-0.2, 0) is 0 Å². The molecule has 3 aromatic heterocycles. The quantitative estimate of drug-likeness (QED) is 0.716. The van der Waals surface area contributed by atoms with Gasteiger partial charge in [-0.25, -0.2) is 15.0 Å². The number of nitrogens with zero attached hydrogens (tertiary/aromatic N) is 6. The minimum absolute atomic E-state index is 0.591. The molecule has 0 aromatic carbocycles. The number of piperazine rings is 1. The van der Waals surface area contributed by atoms with E-state index in [1.165, 1.54) is 10.9 Å². The Hall–Kier alpha value is -2.72. The molecule has 120 valence electrons. The zero-order valence-electron chi connectivity index (χ0n) is 13.3. The number of nitriles is 1. The second kappa shape index (κ2) is 6.06. The monoisotopic (exact) mass is 336 g/mol. The number of hydrogen-bond acceptors (Lipinski definition) is 7. The Kier molecular flexibility index (Phi) is 3.75. The molecule has 0 bridgehead atoms. The van der Waals surface area contributed by atoms with Crippen LogP contribution in [0.25, 0.3) is 10.2 Å². The first-order chi connectivity index (χ1) is 11.8. The van der Waals surface area contributed by atoms with Gasteiger partial charge in [0.15, 0.2) is 0 Å². The fourth-order valence-corrected chi connectivity index (χ4v) is 3.91. The van der Waals surface area contributed by atoms with Gasteiger partial charge in [-0.1, -0.05) is 0 Å². The molecule has 0 aliphatic carbocycles. The van der Waals surface area contributed by atoms with Crippen molar-refractivity contribution in [3.05, 3.63) is 41.2 Å². The fourth-order valence-electron chi connectivity index (χ4n) is 3.02. The van der Waals surface area contributed by atoms with Gasteiger partial charge in [-0.2, -0.15) is 5.26 Å². The van der Waals surface area contributed by atoms with Gasteiger partial charge in [0.05, 0.1) is 10.9 Å². The van der Waals surface area contributed by atoms with Crippen LogP contribution in [0.3, 0.4) is 0 Å². The second-order valence-corrected chi connectivity index (χ2v) is 6.65. The summed E-state index contributed by atoms with van der Waals surface area (Å²) in [6.07, 6.45) is 3.28. The van der Waals surface area contributed by atoms with Crippen LogP contribution in [0, 0.1) is 18.3 Å². The summed E-state index contributed by atoms with van der Waals surface area (Å²) in [5.41, 5.74) is 1.83. The molecule has 1 fully saturated rings. The van der Waals surface area contributed by atoms with Crippen molar-refractivity contribution >= 4 is 33.2 Å². The zero-order valence-corrected chi connectivity index (χ0v) is 14.1. The molecule has 24 heavy (non-hydrogen) atoms. The molecule has 6 nitrogen and oxygen atoms in total. The van der Waals surface area contributed by atoms with Crippen LogP contribution in [0.2, 0.25) is 0 Å². The third kappa shape index (κ3) is 2.55. The molecule has 4 heterocycles. The van der Waals surface area contributed by atoms with Crippen molar-refractivity contribution < 1.29 is 0 Å². The molecule has 0 spiro atoms. The van der Waals surface area contributed by atoms with E-state index >= 15 is 0 Å². The van der Waals surface area contributed by atoms with Gasteiger partial charge in [0.2, 0.25) is 0 Å². The molecular weight excluding hydrogens is 320 g/mol. The van der Waals surface area contributed by atoms with Crippen LogP contribution >= 0.6 is 11.3 Å². The molecule has 0 amide bonds. The number of anilines is 2. The van der Waals surface area contributed by atoms with Crippen molar-refractivity contribution in [2.75, 3.05) is 36.0 Å². The highest BCUT2D eigenvalue weighted by Gasteiger charge is 2.21. The maximum absolute atomic E-state index is 8.87. The lowest BCUT2D eigenvalue weighted by molar-refractivity contribution is 0.643. The molecule has 0 atom stereocenters. The molecule has 1 aliphatic rings. The number of thiophene rings is 1. The standard InChI is InChI=1S/C17H16N6S/c1-12-10-24-17-15(12)16(20-11-21-17)23-6-4-22(5-7-23)14-3-2-13(8-18)9-19-14/h2-3,9-11H,4-7H2,1H3. The van der Waals surface area contributed by atoms with Gasteiger partial charge in [0, 0.05) is 32.4 Å². The molecule has 4 rings (SSSR count). The molecule has 0 N–H and O–H groups in total. The highest BCUT2D eigenvalue weighted by Crippen LogP contribution is 2.31. The molecule has 3 aromatic rings. The van der Waals surface area contributed by atoms with E-state index in [4.69, 9.17) is 5.26 Å². The Morgan fingerprint density at radius 3 is 2.58 bits per heavy atom. The number of pyridine rings is 1. The zero-order chi connectivity index (χ0) is 16.5.